The van der Waals surface area contributed by atoms with E-state index in [0.29, 0.717) is 17.5 Å². The molecule has 2 aromatic heterocycles. The van der Waals surface area contributed by atoms with Gasteiger partial charge in [0, 0.05) is 11.9 Å². The van der Waals surface area contributed by atoms with Crippen LogP contribution >= 0.6 is 0 Å². The third kappa shape index (κ3) is 3.23. The van der Waals surface area contributed by atoms with E-state index in [4.69, 9.17) is 8.83 Å². The largest absolute Gasteiger partial charge is 0.468 e. The number of carbonyl (C=O) groups excluding carboxylic acids is 1. The fourth-order valence-electron chi connectivity index (χ4n) is 2.52. The Kier molecular flexibility index (Phi) is 4.48. The highest BCUT2D eigenvalue weighted by molar-refractivity contribution is 5.96. The summed E-state index contributed by atoms with van der Waals surface area (Å²) in [7, 11) is 3.79. The van der Waals surface area contributed by atoms with E-state index in [1.807, 2.05) is 31.1 Å². The number of fused-ring (bicyclic) bond motifs is 1. The van der Waals surface area contributed by atoms with E-state index in [2.05, 4.69) is 5.32 Å². The molecule has 0 saturated heterocycles. The van der Waals surface area contributed by atoms with Gasteiger partial charge in [0.15, 0.2) is 0 Å². The molecule has 0 saturated carbocycles. The van der Waals surface area contributed by atoms with Gasteiger partial charge in [-0.1, -0.05) is 18.2 Å². The number of para-hydroxylation sites is 1. The number of rotatable bonds is 5. The highest BCUT2D eigenvalue weighted by Crippen LogP contribution is 2.18. The predicted molar refractivity (Wildman–Crippen MR) is 90.0 cm³/mol. The molecule has 3 rings (SSSR count). The van der Waals surface area contributed by atoms with Crippen LogP contribution in [0.4, 0.5) is 0 Å². The van der Waals surface area contributed by atoms with E-state index in [9.17, 15) is 9.59 Å². The monoisotopic (exact) mass is 326 g/mol. The maximum Gasteiger partial charge on any atom is 0.349 e. The topological polar surface area (TPSA) is 75.7 Å². The molecule has 0 fully saturated rings. The van der Waals surface area contributed by atoms with Crippen molar-refractivity contribution in [2.24, 2.45) is 0 Å². The smallest absolute Gasteiger partial charge is 0.349 e. The van der Waals surface area contributed by atoms with Crippen LogP contribution in [0.1, 0.15) is 22.2 Å². The summed E-state index contributed by atoms with van der Waals surface area (Å²) in [6.07, 6.45) is 1.59. The van der Waals surface area contributed by atoms with E-state index in [1.165, 1.54) is 0 Å². The van der Waals surface area contributed by atoms with Gasteiger partial charge >= 0.3 is 5.63 Å². The molecule has 1 aromatic carbocycles. The van der Waals surface area contributed by atoms with Gasteiger partial charge < -0.3 is 14.2 Å². The number of hydrogen-bond acceptors (Lipinski definition) is 5. The van der Waals surface area contributed by atoms with Crippen LogP contribution in [0.15, 0.2) is 62.4 Å². The van der Waals surface area contributed by atoms with Crippen LogP contribution in [0.5, 0.6) is 0 Å². The van der Waals surface area contributed by atoms with Gasteiger partial charge in [0.1, 0.15) is 16.9 Å². The number of hydrogen-bond donors (Lipinski definition) is 1. The van der Waals surface area contributed by atoms with Gasteiger partial charge in [0.05, 0.1) is 12.3 Å². The summed E-state index contributed by atoms with van der Waals surface area (Å²) < 4.78 is 10.6. The van der Waals surface area contributed by atoms with Gasteiger partial charge in [-0.2, -0.15) is 0 Å². The van der Waals surface area contributed by atoms with Gasteiger partial charge in [-0.3, -0.25) is 9.69 Å². The Hall–Kier alpha value is -2.86. The molecule has 0 bridgehead atoms. The van der Waals surface area contributed by atoms with Crippen molar-refractivity contribution in [3.05, 3.63) is 70.5 Å². The average Bonchev–Trinajstić information content (AvgIpc) is 3.08. The molecule has 1 atom stereocenters. The lowest BCUT2D eigenvalue weighted by Gasteiger charge is -2.22. The molecule has 3 aromatic rings. The number of amides is 1. The number of carbonyl (C=O) groups is 1. The van der Waals surface area contributed by atoms with Crippen molar-refractivity contribution in [3.63, 3.8) is 0 Å². The minimum atomic E-state index is -0.648. The van der Waals surface area contributed by atoms with E-state index in [1.54, 1.807) is 36.6 Å². The first kappa shape index (κ1) is 16.0. The molecule has 1 N–H and O–H groups in total. The van der Waals surface area contributed by atoms with Crippen LogP contribution in [0, 0.1) is 0 Å². The summed E-state index contributed by atoms with van der Waals surface area (Å²) in [5.74, 6) is 0.277. The lowest BCUT2D eigenvalue weighted by molar-refractivity contribution is 0.0935. The first-order chi connectivity index (χ1) is 11.6. The predicted octanol–water partition coefficient (Wildman–Crippen LogP) is 2.42. The Morgan fingerprint density at radius 2 is 2.00 bits per heavy atom. The van der Waals surface area contributed by atoms with Crippen molar-refractivity contribution in [3.8, 4) is 0 Å². The molecule has 6 heteroatoms. The van der Waals surface area contributed by atoms with Crippen LogP contribution in [0.2, 0.25) is 0 Å². The van der Waals surface area contributed by atoms with E-state index in [0.717, 1.165) is 5.76 Å². The zero-order valence-corrected chi connectivity index (χ0v) is 13.5. The Morgan fingerprint density at radius 1 is 1.21 bits per heavy atom. The molecule has 6 nitrogen and oxygen atoms in total. The second-order valence-electron chi connectivity index (χ2n) is 5.69. The summed E-state index contributed by atoms with van der Waals surface area (Å²) in [6.45, 7) is 0.311. The first-order valence-corrected chi connectivity index (χ1v) is 7.57. The number of furan rings is 1. The Bertz CT molecular complexity index is 897. The van der Waals surface area contributed by atoms with Crippen LogP contribution < -0.4 is 10.9 Å². The molecule has 1 unspecified atom stereocenters. The molecular formula is C18H18N2O4. The third-order valence-electron chi connectivity index (χ3n) is 3.84. The lowest BCUT2D eigenvalue weighted by atomic mass is 10.1. The van der Waals surface area contributed by atoms with Gasteiger partial charge in [-0.25, -0.2) is 4.79 Å². The maximum atomic E-state index is 12.4. The van der Waals surface area contributed by atoms with Crippen LogP contribution in [-0.2, 0) is 0 Å². The van der Waals surface area contributed by atoms with Crippen LogP contribution in [0.3, 0.4) is 0 Å². The van der Waals surface area contributed by atoms with Crippen LogP contribution in [0.25, 0.3) is 11.0 Å². The SMILES string of the molecule is CN(C)C(CNC(=O)c1cc2ccccc2oc1=O)c1ccco1. The van der Waals surface area contributed by atoms with Crippen molar-refractivity contribution in [1.82, 2.24) is 10.2 Å². The minimum Gasteiger partial charge on any atom is -0.468 e. The van der Waals surface area contributed by atoms with Crippen molar-refractivity contribution >= 4 is 16.9 Å². The molecule has 124 valence electrons. The zero-order chi connectivity index (χ0) is 17.1. The van der Waals surface area contributed by atoms with Gasteiger partial charge in [0.25, 0.3) is 5.91 Å². The molecule has 1 amide bonds. The standard InChI is InChI=1S/C18H18N2O4/c1-20(2)14(16-8-5-9-23-16)11-19-17(21)13-10-12-6-3-4-7-15(12)24-18(13)22/h3-10,14H,11H2,1-2H3,(H,19,21). The van der Waals surface area contributed by atoms with Crippen molar-refractivity contribution in [1.29, 1.82) is 0 Å². The number of nitrogens with one attached hydrogen (secondary N) is 1. The molecule has 0 aliphatic rings. The highest BCUT2D eigenvalue weighted by Gasteiger charge is 2.20. The fraction of sp³-hybridized carbons (Fsp3) is 0.222. The number of benzene rings is 1. The highest BCUT2D eigenvalue weighted by atomic mass is 16.4. The van der Waals surface area contributed by atoms with Gasteiger partial charge in [0.2, 0.25) is 0 Å². The van der Waals surface area contributed by atoms with Gasteiger partial charge in [-0.15, -0.1) is 0 Å². The maximum absolute atomic E-state index is 12.4. The molecular weight excluding hydrogens is 308 g/mol. The molecule has 0 spiro atoms. The fourth-order valence-corrected chi connectivity index (χ4v) is 2.52. The summed E-state index contributed by atoms with van der Waals surface area (Å²) in [4.78, 5) is 26.3. The Morgan fingerprint density at radius 3 is 2.71 bits per heavy atom. The summed E-state index contributed by atoms with van der Waals surface area (Å²) in [5, 5.41) is 3.48. The van der Waals surface area contributed by atoms with Gasteiger partial charge in [-0.05, 0) is 38.4 Å². The van der Waals surface area contributed by atoms with Crippen molar-refractivity contribution in [2.75, 3.05) is 20.6 Å². The summed E-state index contributed by atoms with van der Waals surface area (Å²) in [6, 6.07) is 12.1. The molecule has 24 heavy (non-hydrogen) atoms. The molecule has 0 aliphatic heterocycles. The average molecular weight is 326 g/mol. The van der Waals surface area contributed by atoms with E-state index < -0.39 is 11.5 Å². The first-order valence-electron chi connectivity index (χ1n) is 7.57. The van der Waals surface area contributed by atoms with Crippen molar-refractivity contribution in [2.45, 2.75) is 6.04 Å². The number of nitrogens with zero attached hydrogens (tertiary/aromatic N) is 1. The van der Waals surface area contributed by atoms with Crippen molar-refractivity contribution < 1.29 is 13.6 Å². The quantitative estimate of drug-likeness (QED) is 0.729. The number of likely N-dealkylation sites (N-methyl/N-ethyl adjacent to an activating group) is 1. The lowest BCUT2D eigenvalue weighted by Crippen LogP contribution is -2.36. The molecule has 0 aliphatic carbocycles. The summed E-state index contributed by atoms with van der Waals surface area (Å²) >= 11 is 0. The molecule has 0 radical (unpaired) electrons. The minimum absolute atomic E-state index is 0.00866. The second-order valence-corrected chi connectivity index (χ2v) is 5.69. The van der Waals surface area contributed by atoms with E-state index >= 15 is 0 Å². The second kappa shape index (κ2) is 6.72. The summed E-state index contributed by atoms with van der Waals surface area (Å²) in [5.41, 5.74) is -0.197. The normalized spacial score (nSPS) is 12.5. The third-order valence-corrected chi connectivity index (χ3v) is 3.84. The Labute approximate surface area is 138 Å². The zero-order valence-electron chi connectivity index (χ0n) is 13.5. The van der Waals surface area contributed by atoms with Crippen LogP contribution in [-0.4, -0.2) is 31.4 Å². The van der Waals surface area contributed by atoms with E-state index in [-0.39, 0.29) is 11.6 Å². The molecule has 2 heterocycles. The Balaban J connectivity index is 1.80.